The summed E-state index contributed by atoms with van der Waals surface area (Å²) in [5.74, 6) is -2.69. The number of hydrazine groups is 1. The summed E-state index contributed by atoms with van der Waals surface area (Å²) in [5, 5.41) is 16.8. The normalized spacial score (nSPS) is 20.8. The number of carbonyl (C=O) groups excluding carboxylic acids is 6. The highest BCUT2D eigenvalue weighted by molar-refractivity contribution is 6.36. The molecule has 3 rings (SSSR count). The Hall–Kier alpha value is -3.02. The molecule has 194 valence electrons. The number of aldehydes is 1. The van der Waals surface area contributed by atoms with Gasteiger partial charge < -0.3 is 20.5 Å². The highest BCUT2D eigenvalue weighted by Crippen LogP contribution is 2.28. The van der Waals surface area contributed by atoms with Gasteiger partial charge in [-0.15, -0.1) is 0 Å². The first kappa shape index (κ1) is 27.6. The van der Waals surface area contributed by atoms with Gasteiger partial charge in [0.2, 0.25) is 11.8 Å². The van der Waals surface area contributed by atoms with Gasteiger partial charge in [0.15, 0.2) is 0 Å². The molecule has 3 N–H and O–H groups in total. The lowest BCUT2D eigenvalue weighted by Gasteiger charge is -2.43. The van der Waals surface area contributed by atoms with Gasteiger partial charge in [-0.25, -0.2) is 5.01 Å². The van der Waals surface area contributed by atoms with Gasteiger partial charge in [0.05, 0.1) is 12.6 Å². The molecule has 0 aliphatic carbocycles. The first-order chi connectivity index (χ1) is 17.1. The fourth-order valence-electron chi connectivity index (χ4n) is 4.25. The van der Waals surface area contributed by atoms with E-state index in [1.807, 2.05) is 0 Å². The van der Waals surface area contributed by atoms with E-state index in [1.165, 1.54) is 24.1 Å². The zero-order chi connectivity index (χ0) is 26.6. The van der Waals surface area contributed by atoms with Crippen LogP contribution in [0, 0.1) is 0 Å². The van der Waals surface area contributed by atoms with Gasteiger partial charge in [-0.05, 0) is 38.3 Å². The van der Waals surface area contributed by atoms with E-state index in [4.69, 9.17) is 23.2 Å². The Bertz CT molecular complexity index is 1070. The summed E-state index contributed by atoms with van der Waals surface area (Å²) in [6, 6.07) is -0.684. The van der Waals surface area contributed by atoms with Gasteiger partial charge in [0, 0.05) is 40.6 Å². The van der Waals surface area contributed by atoms with Gasteiger partial charge in [-0.1, -0.05) is 23.2 Å². The maximum Gasteiger partial charge on any atom is 0.264 e. The standard InChI is InChI=1S/C23H26Cl2N4O7/c1-12(32)7-14(10-30)26-22(35)19-3-2-6-28-20(33)5-4-18(23(36)29(19)28)27-21(34)13-8-16(24)15(11-31)17(25)9-13/h8-10,14,18-19,31H,2-7,11H2,1H3,(H,26,35)(H,27,34)/t14-,18-,19-/m0/s1. The third-order valence-corrected chi connectivity index (χ3v) is 6.70. The van der Waals surface area contributed by atoms with E-state index < -0.39 is 42.5 Å². The van der Waals surface area contributed by atoms with Crippen molar-refractivity contribution >= 4 is 58.9 Å². The van der Waals surface area contributed by atoms with Crippen molar-refractivity contribution < 1.29 is 33.9 Å². The van der Waals surface area contributed by atoms with E-state index in [9.17, 15) is 33.9 Å². The molecule has 1 aromatic rings. The summed E-state index contributed by atoms with van der Waals surface area (Å²) in [4.78, 5) is 74.9. The Morgan fingerprint density at radius 2 is 1.86 bits per heavy atom. The van der Waals surface area contributed by atoms with E-state index in [2.05, 4.69) is 10.6 Å². The predicted octanol–water partition coefficient (Wildman–Crippen LogP) is 0.775. The van der Waals surface area contributed by atoms with Gasteiger partial charge in [0.25, 0.3) is 11.8 Å². The van der Waals surface area contributed by atoms with Gasteiger partial charge in [-0.3, -0.25) is 29.0 Å². The Kier molecular flexibility index (Phi) is 9.04. The van der Waals surface area contributed by atoms with Crippen LogP contribution in [0.5, 0.6) is 0 Å². The number of nitrogens with one attached hydrogen (secondary N) is 2. The third-order valence-electron chi connectivity index (χ3n) is 6.03. The molecule has 1 aromatic carbocycles. The Morgan fingerprint density at radius 3 is 2.44 bits per heavy atom. The molecule has 2 heterocycles. The van der Waals surface area contributed by atoms with Crippen molar-refractivity contribution in [3.05, 3.63) is 33.3 Å². The second kappa shape index (κ2) is 11.8. The summed E-state index contributed by atoms with van der Waals surface area (Å²) in [7, 11) is 0. The van der Waals surface area contributed by atoms with Crippen molar-refractivity contribution in [2.45, 2.75) is 63.8 Å². The minimum atomic E-state index is -1.13. The van der Waals surface area contributed by atoms with Crippen molar-refractivity contribution in [3.63, 3.8) is 0 Å². The number of amides is 4. The maximum atomic E-state index is 13.5. The Labute approximate surface area is 217 Å². The number of hydrogen-bond donors (Lipinski definition) is 3. The zero-order valence-electron chi connectivity index (χ0n) is 19.5. The van der Waals surface area contributed by atoms with E-state index in [0.717, 1.165) is 5.01 Å². The van der Waals surface area contributed by atoms with Crippen molar-refractivity contribution in [1.29, 1.82) is 0 Å². The van der Waals surface area contributed by atoms with Crippen LogP contribution in [-0.2, 0) is 30.6 Å². The third kappa shape index (κ3) is 6.03. The van der Waals surface area contributed by atoms with Gasteiger partial charge >= 0.3 is 0 Å². The van der Waals surface area contributed by atoms with Crippen LogP contribution in [0.25, 0.3) is 0 Å². The largest absolute Gasteiger partial charge is 0.392 e. The van der Waals surface area contributed by atoms with Crippen LogP contribution in [0.2, 0.25) is 10.0 Å². The number of aliphatic hydroxyl groups excluding tert-OH is 1. The van der Waals surface area contributed by atoms with E-state index in [1.54, 1.807) is 0 Å². The number of ketones is 1. The second-order valence-corrected chi connectivity index (χ2v) is 9.47. The maximum absolute atomic E-state index is 13.5. The smallest absolute Gasteiger partial charge is 0.264 e. The number of benzene rings is 1. The van der Waals surface area contributed by atoms with Crippen LogP contribution >= 0.6 is 23.2 Å². The molecule has 13 heteroatoms. The molecule has 2 aliphatic heterocycles. The fraction of sp³-hybridized carbons (Fsp3) is 0.478. The highest BCUT2D eigenvalue weighted by atomic mass is 35.5. The number of carbonyl (C=O) groups is 6. The molecule has 0 bridgehead atoms. The molecule has 0 unspecified atom stereocenters. The summed E-state index contributed by atoms with van der Waals surface area (Å²) < 4.78 is 0. The van der Waals surface area contributed by atoms with Crippen LogP contribution in [0.3, 0.4) is 0 Å². The number of halogens is 2. The number of nitrogens with zero attached hydrogens (tertiary/aromatic N) is 2. The average molecular weight is 541 g/mol. The SMILES string of the molecule is CC(=O)C[C@@H](C=O)NC(=O)[C@@H]1CCCN2C(=O)CC[C@H](NC(=O)c3cc(Cl)c(CO)c(Cl)c3)C(=O)N12. The van der Waals surface area contributed by atoms with Crippen LogP contribution in [0.4, 0.5) is 0 Å². The second-order valence-electron chi connectivity index (χ2n) is 8.66. The lowest BCUT2D eigenvalue weighted by Crippen LogP contribution is -2.64. The molecule has 2 aliphatic rings. The number of hydrogen-bond acceptors (Lipinski definition) is 7. The highest BCUT2D eigenvalue weighted by Gasteiger charge is 2.45. The predicted molar refractivity (Wildman–Crippen MR) is 128 cm³/mol. The van der Waals surface area contributed by atoms with E-state index in [-0.39, 0.29) is 65.1 Å². The minimum Gasteiger partial charge on any atom is -0.392 e. The molecule has 0 aromatic heterocycles. The number of aliphatic hydroxyl groups is 1. The minimum absolute atomic E-state index is 0.00222. The quantitative estimate of drug-likeness (QED) is 0.411. The molecule has 11 nitrogen and oxygen atoms in total. The molecular formula is C23H26Cl2N4O7. The lowest BCUT2D eigenvalue weighted by atomic mass is 10.0. The molecule has 2 fully saturated rings. The molecule has 2 saturated heterocycles. The molecule has 36 heavy (non-hydrogen) atoms. The number of rotatable bonds is 8. The van der Waals surface area contributed by atoms with Crippen molar-refractivity contribution in [2.75, 3.05) is 6.54 Å². The summed E-state index contributed by atoms with van der Waals surface area (Å²) in [6.07, 6.45) is 0.864. The van der Waals surface area contributed by atoms with Crippen LogP contribution in [0.15, 0.2) is 12.1 Å². The van der Waals surface area contributed by atoms with Crippen molar-refractivity contribution in [2.24, 2.45) is 0 Å². The molecular weight excluding hydrogens is 515 g/mol. The van der Waals surface area contributed by atoms with Crippen LogP contribution in [-0.4, -0.2) is 75.5 Å². The Morgan fingerprint density at radius 1 is 1.19 bits per heavy atom. The van der Waals surface area contributed by atoms with E-state index in [0.29, 0.717) is 12.7 Å². The number of fused-ring (bicyclic) bond motifs is 1. The van der Waals surface area contributed by atoms with Gasteiger partial charge in [-0.2, -0.15) is 0 Å². The first-order valence-corrected chi connectivity index (χ1v) is 12.1. The molecule has 0 spiro atoms. The average Bonchev–Trinajstić information content (AvgIpc) is 2.95. The Balaban J connectivity index is 1.83. The molecule has 0 radical (unpaired) electrons. The molecule has 3 atom stereocenters. The van der Waals surface area contributed by atoms with Gasteiger partial charge in [0.1, 0.15) is 24.2 Å². The summed E-state index contributed by atoms with van der Waals surface area (Å²) >= 11 is 12.2. The number of Topliss-reactive ketones (excluding diaryl/α,β-unsaturated/α-hetero) is 1. The molecule has 0 saturated carbocycles. The van der Waals surface area contributed by atoms with Crippen LogP contribution in [0.1, 0.15) is 54.9 Å². The monoisotopic (exact) mass is 540 g/mol. The first-order valence-electron chi connectivity index (χ1n) is 11.4. The van der Waals surface area contributed by atoms with Crippen LogP contribution < -0.4 is 10.6 Å². The summed E-state index contributed by atoms with van der Waals surface area (Å²) in [6.45, 7) is 1.08. The fourth-order valence-corrected chi connectivity index (χ4v) is 4.86. The summed E-state index contributed by atoms with van der Waals surface area (Å²) in [5.41, 5.74) is 0.302. The molecule has 4 amide bonds. The van der Waals surface area contributed by atoms with Crippen molar-refractivity contribution in [1.82, 2.24) is 20.7 Å². The van der Waals surface area contributed by atoms with Crippen molar-refractivity contribution in [3.8, 4) is 0 Å². The lowest BCUT2D eigenvalue weighted by molar-refractivity contribution is -0.176. The topological polar surface area (TPSA) is 153 Å². The zero-order valence-corrected chi connectivity index (χ0v) is 21.0. The van der Waals surface area contributed by atoms with E-state index >= 15 is 0 Å².